The summed E-state index contributed by atoms with van der Waals surface area (Å²) in [5.74, 6) is 1.12. The van der Waals surface area contributed by atoms with Crippen LogP contribution in [-0.4, -0.2) is 40.4 Å². The Morgan fingerprint density at radius 1 is 1.08 bits per heavy atom. The quantitative estimate of drug-likeness (QED) is 0.749. The van der Waals surface area contributed by atoms with Gasteiger partial charge in [0.05, 0.1) is 6.54 Å². The fourth-order valence-electron chi connectivity index (χ4n) is 3.32. The van der Waals surface area contributed by atoms with Crippen molar-refractivity contribution in [1.29, 1.82) is 0 Å². The molecule has 0 aliphatic heterocycles. The number of carbonyl (C=O) groups excluding carboxylic acids is 1. The lowest BCUT2D eigenvalue weighted by molar-refractivity contribution is 0.0944. The van der Waals surface area contributed by atoms with E-state index in [2.05, 4.69) is 35.3 Å². The Kier molecular flexibility index (Phi) is 4.67. The molecule has 1 aliphatic carbocycles. The SMILES string of the molecule is O=C(NCc1nncn1C1CCCCC1)c1cccc(-n2cnnc2)n1. The van der Waals surface area contributed by atoms with E-state index in [0.29, 0.717) is 24.1 Å². The van der Waals surface area contributed by atoms with Crippen LogP contribution < -0.4 is 5.32 Å². The molecule has 0 bridgehead atoms. The zero-order valence-electron chi connectivity index (χ0n) is 14.3. The summed E-state index contributed by atoms with van der Waals surface area (Å²) in [6.07, 6.45) is 10.9. The maximum Gasteiger partial charge on any atom is 0.270 e. The average molecular weight is 352 g/mol. The number of rotatable bonds is 5. The summed E-state index contributed by atoms with van der Waals surface area (Å²) in [7, 11) is 0. The summed E-state index contributed by atoms with van der Waals surface area (Å²) in [6, 6.07) is 5.68. The Hall–Kier alpha value is -3.10. The summed E-state index contributed by atoms with van der Waals surface area (Å²) in [6.45, 7) is 0.327. The molecule has 1 N–H and O–H groups in total. The van der Waals surface area contributed by atoms with Crippen molar-refractivity contribution >= 4 is 5.91 Å². The molecule has 0 saturated heterocycles. The monoisotopic (exact) mass is 352 g/mol. The van der Waals surface area contributed by atoms with Gasteiger partial charge in [-0.05, 0) is 25.0 Å². The largest absolute Gasteiger partial charge is 0.343 e. The first-order valence-corrected chi connectivity index (χ1v) is 8.80. The molecule has 0 aromatic carbocycles. The van der Waals surface area contributed by atoms with Crippen LogP contribution in [0, 0.1) is 0 Å². The number of carbonyl (C=O) groups is 1. The maximum absolute atomic E-state index is 12.5. The van der Waals surface area contributed by atoms with Gasteiger partial charge in [-0.2, -0.15) is 0 Å². The minimum Gasteiger partial charge on any atom is -0.343 e. The molecule has 3 aromatic heterocycles. The molecule has 9 nitrogen and oxygen atoms in total. The van der Waals surface area contributed by atoms with Crippen molar-refractivity contribution in [2.45, 2.75) is 44.7 Å². The molecule has 26 heavy (non-hydrogen) atoms. The number of nitrogens with zero attached hydrogens (tertiary/aromatic N) is 7. The first-order chi connectivity index (χ1) is 12.8. The van der Waals surface area contributed by atoms with Crippen LogP contribution in [0.15, 0.2) is 37.2 Å². The van der Waals surface area contributed by atoms with Crippen molar-refractivity contribution in [3.05, 3.63) is 48.7 Å². The topological polar surface area (TPSA) is 103 Å². The van der Waals surface area contributed by atoms with Crippen LogP contribution in [0.2, 0.25) is 0 Å². The van der Waals surface area contributed by atoms with Gasteiger partial charge in [0.1, 0.15) is 30.5 Å². The van der Waals surface area contributed by atoms with Gasteiger partial charge in [0.15, 0.2) is 5.82 Å². The summed E-state index contributed by atoms with van der Waals surface area (Å²) >= 11 is 0. The van der Waals surface area contributed by atoms with Crippen molar-refractivity contribution < 1.29 is 4.79 Å². The van der Waals surface area contributed by atoms with Crippen LogP contribution in [0.5, 0.6) is 0 Å². The van der Waals surface area contributed by atoms with Crippen molar-refractivity contribution in [2.75, 3.05) is 0 Å². The lowest BCUT2D eigenvalue weighted by Gasteiger charge is -2.24. The molecule has 3 heterocycles. The van der Waals surface area contributed by atoms with Gasteiger partial charge >= 0.3 is 0 Å². The molecular formula is C17H20N8O. The van der Waals surface area contributed by atoms with Gasteiger partial charge in [-0.1, -0.05) is 25.3 Å². The fourth-order valence-corrected chi connectivity index (χ4v) is 3.32. The fraction of sp³-hybridized carbons (Fsp3) is 0.412. The van der Waals surface area contributed by atoms with Gasteiger partial charge in [-0.15, -0.1) is 20.4 Å². The summed E-state index contributed by atoms with van der Waals surface area (Å²) in [5.41, 5.74) is 0.333. The smallest absolute Gasteiger partial charge is 0.270 e. The first-order valence-electron chi connectivity index (χ1n) is 8.80. The third-order valence-corrected chi connectivity index (χ3v) is 4.67. The van der Waals surface area contributed by atoms with E-state index in [-0.39, 0.29) is 5.91 Å². The second kappa shape index (κ2) is 7.42. The van der Waals surface area contributed by atoms with E-state index < -0.39 is 0 Å². The van der Waals surface area contributed by atoms with Crippen molar-refractivity contribution in [3.63, 3.8) is 0 Å². The van der Waals surface area contributed by atoms with Crippen molar-refractivity contribution in [3.8, 4) is 5.82 Å². The molecule has 3 aromatic rings. The predicted octanol–water partition coefficient (Wildman–Crippen LogP) is 1.69. The average Bonchev–Trinajstić information content (AvgIpc) is 3.39. The molecule has 9 heteroatoms. The van der Waals surface area contributed by atoms with Crippen LogP contribution >= 0.6 is 0 Å². The highest BCUT2D eigenvalue weighted by molar-refractivity contribution is 5.92. The molecule has 1 aliphatic rings. The molecule has 0 atom stereocenters. The first kappa shape index (κ1) is 16.4. The maximum atomic E-state index is 12.5. The molecule has 0 unspecified atom stereocenters. The third-order valence-electron chi connectivity index (χ3n) is 4.67. The Morgan fingerprint density at radius 3 is 2.69 bits per heavy atom. The molecule has 4 rings (SSSR count). The van der Waals surface area contributed by atoms with Crippen LogP contribution in [0.4, 0.5) is 0 Å². The highest BCUT2D eigenvalue weighted by Gasteiger charge is 2.19. The highest BCUT2D eigenvalue weighted by Crippen LogP contribution is 2.28. The Bertz CT molecular complexity index is 867. The molecule has 1 amide bonds. The number of hydrogen-bond acceptors (Lipinski definition) is 6. The normalized spacial score (nSPS) is 15.1. The van der Waals surface area contributed by atoms with E-state index in [1.807, 2.05) is 0 Å². The van der Waals surface area contributed by atoms with Gasteiger partial charge in [-0.3, -0.25) is 9.36 Å². The number of nitrogens with one attached hydrogen (secondary N) is 1. The summed E-state index contributed by atoms with van der Waals surface area (Å²) < 4.78 is 3.75. The predicted molar refractivity (Wildman–Crippen MR) is 92.5 cm³/mol. The zero-order valence-corrected chi connectivity index (χ0v) is 14.3. The van der Waals surface area contributed by atoms with E-state index in [0.717, 1.165) is 18.7 Å². The molecule has 134 valence electrons. The summed E-state index contributed by atoms with van der Waals surface area (Å²) in [4.78, 5) is 16.8. The van der Waals surface area contributed by atoms with Crippen LogP contribution in [0.25, 0.3) is 5.82 Å². The molecule has 0 spiro atoms. The molecular weight excluding hydrogens is 332 g/mol. The summed E-state index contributed by atoms with van der Waals surface area (Å²) in [5, 5.41) is 18.6. The van der Waals surface area contributed by atoms with Gasteiger partial charge in [0, 0.05) is 6.04 Å². The number of hydrogen-bond donors (Lipinski definition) is 1. The van der Waals surface area contributed by atoms with Gasteiger partial charge in [0.2, 0.25) is 0 Å². The highest BCUT2D eigenvalue weighted by atomic mass is 16.1. The van der Waals surface area contributed by atoms with Gasteiger partial charge in [0.25, 0.3) is 5.91 Å². The van der Waals surface area contributed by atoms with Crippen molar-refractivity contribution in [2.24, 2.45) is 0 Å². The van der Waals surface area contributed by atoms with E-state index in [4.69, 9.17) is 0 Å². The van der Waals surface area contributed by atoms with Gasteiger partial charge in [-0.25, -0.2) is 4.98 Å². The number of aromatic nitrogens is 7. The van der Waals surface area contributed by atoms with Gasteiger partial charge < -0.3 is 9.88 Å². The Morgan fingerprint density at radius 2 is 1.88 bits per heavy atom. The molecule has 1 fully saturated rings. The molecule has 1 saturated carbocycles. The lowest BCUT2D eigenvalue weighted by Crippen LogP contribution is -2.27. The minimum absolute atomic E-state index is 0.252. The second-order valence-corrected chi connectivity index (χ2v) is 6.38. The van der Waals surface area contributed by atoms with Crippen LogP contribution in [0.1, 0.15) is 54.5 Å². The standard InChI is InChI=1S/C17H20N8O/c26-17(14-7-4-8-15(22-14)24-10-19-20-11-24)18-9-16-23-21-12-25(16)13-5-2-1-3-6-13/h4,7-8,10-13H,1-3,5-6,9H2,(H,18,26). The molecule has 0 radical (unpaired) electrons. The van der Waals surface area contributed by atoms with Crippen LogP contribution in [0.3, 0.4) is 0 Å². The van der Waals surface area contributed by atoms with Crippen LogP contribution in [-0.2, 0) is 6.54 Å². The Labute approximate surface area is 150 Å². The van der Waals surface area contributed by atoms with E-state index >= 15 is 0 Å². The van der Waals surface area contributed by atoms with E-state index in [1.54, 1.807) is 29.1 Å². The number of pyridine rings is 1. The third kappa shape index (κ3) is 3.46. The minimum atomic E-state index is -0.252. The number of amides is 1. The zero-order chi connectivity index (χ0) is 17.8. The second-order valence-electron chi connectivity index (χ2n) is 6.38. The van der Waals surface area contributed by atoms with E-state index in [1.165, 1.54) is 31.9 Å². The van der Waals surface area contributed by atoms with Crippen molar-refractivity contribution in [1.82, 2.24) is 39.8 Å². The van der Waals surface area contributed by atoms with E-state index in [9.17, 15) is 4.79 Å². The Balaban J connectivity index is 1.43. The lowest BCUT2D eigenvalue weighted by atomic mass is 9.95.